The molecule has 0 aromatic carbocycles. The van der Waals surface area contributed by atoms with Gasteiger partial charge in [0, 0.05) is 6.54 Å². The van der Waals surface area contributed by atoms with Crippen molar-refractivity contribution in [3.8, 4) is 0 Å². The number of hydrogen-bond acceptors (Lipinski definition) is 4. The number of nitrogens with one attached hydrogen (secondary N) is 1. The summed E-state index contributed by atoms with van der Waals surface area (Å²) in [7, 11) is -3.74. The van der Waals surface area contributed by atoms with Crippen LogP contribution in [0, 0.1) is 23.2 Å². The van der Waals surface area contributed by atoms with Crippen molar-refractivity contribution in [1.29, 1.82) is 0 Å². The molecule has 3 atom stereocenters. The molecule has 2 saturated carbocycles. The molecule has 2 fully saturated rings. The lowest BCUT2D eigenvalue weighted by Crippen LogP contribution is -2.39. The van der Waals surface area contributed by atoms with Gasteiger partial charge < -0.3 is 4.74 Å². The highest BCUT2D eigenvalue weighted by Gasteiger charge is 2.47. The summed E-state index contributed by atoms with van der Waals surface area (Å²) in [5, 5.41) is 0. The zero-order valence-electron chi connectivity index (χ0n) is 15.1. The van der Waals surface area contributed by atoms with Gasteiger partial charge in [-0.3, -0.25) is 4.79 Å². The highest BCUT2D eigenvalue weighted by Crippen LogP contribution is 2.48. The number of hydrogen-bond donors (Lipinski definition) is 1. The fourth-order valence-electron chi connectivity index (χ4n) is 3.35. The third kappa shape index (κ3) is 5.84. The van der Waals surface area contributed by atoms with Crippen LogP contribution in [0.1, 0.15) is 52.9 Å². The molecule has 1 N–H and O–H groups in total. The van der Waals surface area contributed by atoms with Crippen molar-refractivity contribution in [2.45, 2.75) is 58.4 Å². The van der Waals surface area contributed by atoms with Crippen LogP contribution in [-0.2, 0) is 19.6 Å². The van der Waals surface area contributed by atoms with E-state index in [1.807, 2.05) is 20.8 Å². The molecular formula is C16H28F3NO4S. The van der Waals surface area contributed by atoms with Gasteiger partial charge in [-0.15, -0.1) is 0 Å². The van der Waals surface area contributed by atoms with E-state index < -0.39 is 15.5 Å². The van der Waals surface area contributed by atoms with Gasteiger partial charge in [0.2, 0.25) is 0 Å². The Labute approximate surface area is 147 Å². The van der Waals surface area contributed by atoms with E-state index in [0.717, 1.165) is 32.1 Å². The Hall–Kier alpha value is -0.830. The Balaban J connectivity index is 0.000000299. The molecule has 25 heavy (non-hydrogen) atoms. The van der Waals surface area contributed by atoms with Crippen LogP contribution in [0.25, 0.3) is 0 Å². The summed E-state index contributed by atoms with van der Waals surface area (Å²) in [6.45, 7) is 5.65. The van der Waals surface area contributed by atoms with E-state index in [4.69, 9.17) is 0 Å². The molecule has 148 valence electrons. The molecule has 0 amide bonds. The second-order valence-corrected chi connectivity index (χ2v) is 9.22. The quantitative estimate of drug-likeness (QED) is 0.734. The molecule has 0 radical (unpaired) electrons. The van der Waals surface area contributed by atoms with Gasteiger partial charge in [-0.2, -0.15) is 13.2 Å². The number of sulfonamides is 1. The van der Waals surface area contributed by atoms with Gasteiger partial charge in [-0.25, -0.2) is 13.1 Å². The number of alkyl halides is 3. The summed E-state index contributed by atoms with van der Waals surface area (Å²) in [4.78, 5) is 10.8. The predicted molar refractivity (Wildman–Crippen MR) is 88.0 cm³/mol. The monoisotopic (exact) mass is 387 g/mol. The molecule has 2 aliphatic carbocycles. The SMILES string of the molecule is CCC(C)(C)C(=O)OC.O=S(=O)(NCC1CC2CCC1C2)C(F)(F)F. The third-order valence-corrected chi connectivity index (χ3v) is 6.50. The van der Waals surface area contributed by atoms with Crippen LogP contribution in [0.2, 0.25) is 0 Å². The zero-order valence-corrected chi connectivity index (χ0v) is 16.0. The smallest absolute Gasteiger partial charge is 0.469 e. The molecule has 0 saturated heterocycles. The number of rotatable bonds is 5. The lowest BCUT2D eigenvalue weighted by Gasteiger charge is -2.22. The molecule has 0 aromatic rings. The van der Waals surface area contributed by atoms with Crippen molar-refractivity contribution in [2.24, 2.45) is 23.2 Å². The first-order chi connectivity index (χ1) is 11.3. The van der Waals surface area contributed by atoms with E-state index in [0.29, 0.717) is 11.8 Å². The van der Waals surface area contributed by atoms with Crippen molar-refractivity contribution < 1.29 is 31.1 Å². The first kappa shape index (κ1) is 22.2. The minimum Gasteiger partial charge on any atom is -0.469 e. The minimum absolute atomic E-state index is 0.0665. The maximum atomic E-state index is 12.0. The third-order valence-electron chi connectivity index (χ3n) is 5.35. The topological polar surface area (TPSA) is 72.5 Å². The van der Waals surface area contributed by atoms with E-state index in [9.17, 15) is 26.4 Å². The average molecular weight is 387 g/mol. The van der Waals surface area contributed by atoms with Crippen molar-refractivity contribution in [3.63, 3.8) is 0 Å². The molecule has 2 rings (SSSR count). The number of ether oxygens (including phenoxy) is 1. The standard InChI is InChI=1S/C9H14F3NO2S.C7H14O2/c10-9(11,12)16(14,15)13-5-8-4-6-1-2-7(8)3-6;1-5-7(2,3)6(8)9-4/h6-8,13H,1-5H2;5H2,1-4H3. The van der Waals surface area contributed by atoms with Crippen LogP contribution in [0.4, 0.5) is 13.2 Å². The Morgan fingerprint density at radius 2 is 1.80 bits per heavy atom. The second kappa shape index (κ2) is 8.24. The molecule has 0 aliphatic heterocycles. The normalized spacial score (nSPS) is 26.1. The van der Waals surface area contributed by atoms with E-state index in [-0.39, 0.29) is 23.8 Å². The largest absolute Gasteiger partial charge is 0.511 e. The first-order valence-electron chi connectivity index (χ1n) is 8.48. The maximum Gasteiger partial charge on any atom is 0.511 e. The minimum atomic E-state index is -5.19. The van der Waals surface area contributed by atoms with Crippen molar-refractivity contribution in [2.75, 3.05) is 13.7 Å². The lowest BCUT2D eigenvalue weighted by molar-refractivity contribution is -0.150. The molecule has 9 heteroatoms. The number of methoxy groups -OCH3 is 1. The fraction of sp³-hybridized carbons (Fsp3) is 0.938. The molecule has 0 heterocycles. The van der Waals surface area contributed by atoms with Crippen LogP contribution in [0.3, 0.4) is 0 Å². The lowest BCUT2D eigenvalue weighted by atomic mass is 9.89. The van der Waals surface area contributed by atoms with Gasteiger partial charge in [0.1, 0.15) is 0 Å². The Bertz CT molecular complexity index is 560. The van der Waals surface area contributed by atoms with Gasteiger partial charge in [-0.05, 0) is 57.3 Å². The van der Waals surface area contributed by atoms with Gasteiger partial charge in [-0.1, -0.05) is 13.3 Å². The van der Waals surface area contributed by atoms with Gasteiger partial charge >= 0.3 is 21.5 Å². The highest BCUT2D eigenvalue weighted by molar-refractivity contribution is 7.90. The fourth-order valence-corrected chi connectivity index (χ4v) is 3.94. The zero-order chi connectivity index (χ0) is 19.5. The van der Waals surface area contributed by atoms with Crippen molar-refractivity contribution >= 4 is 16.0 Å². The maximum absolute atomic E-state index is 12.0. The van der Waals surface area contributed by atoms with E-state index >= 15 is 0 Å². The van der Waals surface area contributed by atoms with Gasteiger partial charge in [0.15, 0.2) is 0 Å². The predicted octanol–water partition coefficient (Wildman–Crippen LogP) is 3.46. The van der Waals surface area contributed by atoms with E-state index in [2.05, 4.69) is 4.74 Å². The summed E-state index contributed by atoms with van der Waals surface area (Å²) in [5.41, 5.74) is -5.50. The molecule has 2 bridgehead atoms. The molecule has 3 unspecified atom stereocenters. The molecule has 5 nitrogen and oxygen atoms in total. The van der Waals surface area contributed by atoms with Crippen molar-refractivity contribution in [3.05, 3.63) is 0 Å². The summed E-state index contributed by atoms with van der Waals surface area (Å²) < 4.78 is 63.9. The molecule has 0 aromatic heterocycles. The number of halogens is 3. The van der Waals surface area contributed by atoms with Crippen LogP contribution < -0.4 is 4.72 Å². The Kier molecular flexibility index (Phi) is 7.32. The van der Waals surface area contributed by atoms with Crippen LogP contribution >= 0.6 is 0 Å². The first-order valence-corrected chi connectivity index (χ1v) is 9.96. The molecule has 2 aliphatic rings. The second-order valence-electron chi connectivity index (χ2n) is 7.46. The Morgan fingerprint density at radius 1 is 1.20 bits per heavy atom. The number of fused-ring (bicyclic) bond motifs is 2. The molecule has 0 spiro atoms. The Morgan fingerprint density at radius 3 is 2.12 bits per heavy atom. The van der Waals surface area contributed by atoms with E-state index in [1.54, 1.807) is 4.72 Å². The molecular weight excluding hydrogens is 359 g/mol. The number of carbonyl (C=O) groups excluding carboxylic acids is 1. The van der Waals surface area contributed by atoms with Crippen LogP contribution in [0.15, 0.2) is 0 Å². The number of esters is 1. The van der Waals surface area contributed by atoms with Gasteiger partial charge in [0.05, 0.1) is 12.5 Å². The van der Waals surface area contributed by atoms with Crippen LogP contribution in [-0.4, -0.2) is 33.5 Å². The van der Waals surface area contributed by atoms with Gasteiger partial charge in [0.25, 0.3) is 0 Å². The van der Waals surface area contributed by atoms with Crippen molar-refractivity contribution in [1.82, 2.24) is 4.72 Å². The van der Waals surface area contributed by atoms with E-state index in [1.165, 1.54) is 7.11 Å². The summed E-state index contributed by atoms with van der Waals surface area (Å²) >= 11 is 0. The number of carbonyl (C=O) groups is 1. The average Bonchev–Trinajstić information content (AvgIpc) is 3.14. The summed E-state index contributed by atoms with van der Waals surface area (Å²) in [5.74, 6) is 0.979. The summed E-state index contributed by atoms with van der Waals surface area (Å²) in [6, 6.07) is 0. The van der Waals surface area contributed by atoms with Crippen LogP contribution in [0.5, 0.6) is 0 Å². The highest BCUT2D eigenvalue weighted by atomic mass is 32.2. The summed E-state index contributed by atoms with van der Waals surface area (Å²) in [6.07, 6.45) is 4.92.